The second-order valence-electron chi connectivity index (χ2n) is 4.30. The molecule has 82 valence electrons. The Hall–Kier alpha value is -0.280. The highest BCUT2D eigenvalue weighted by molar-refractivity contribution is 7.82. The van der Waals surface area contributed by atoms with Gasteiger partial charge in [0.05, 0.1) is 9.98 Å². The van der Waals surface area contributed by atoms with E-state index in [1.165, 1.54) is 25.7 Å². The molecule has 0 aromatic heterocycles. The molecule has 2 aliphatic rings. The van der Waals surface area contributed by atoms with Crippen molar-refractivity contribution >= 4 is 34.4 Å². The van der Waals surface area contributed by atoms with Gasteiger partial charge in [-0.25, -0.2) is 0 Å². The minimum atomic E-state index is 0.993. The molecular weight excluding hydrogens is 222 g/mol. The van der Waals surface area contributed by atoms with Crippen molar-refractivity contribution in [3.05, 3.63) is 11.6 Å². The summed E-state index contributed by atoms with van der Waals surface area (Å²) in [6.45, 7) is 1.02. The molecule has 0 saturated carbocycles. The van der Waals surface area contributed by atoms with Crippen LogP contribution in [0, 0.1) is 0 Å². The van der Waals surface area contributed by atoms with Gasteiger partial charge in [-0.1, -0.05) is 36.1 Å². The van der Waals surface area contributed by atoms with Gasteiger partial charge in [-0.15, -0.1) is 0 Å². The molecule has 2 rings (SSSR count). The first kappa shape index (κ1) is 11.2. The van der Waals surface area contributed by atoms with E-state index in [4.69, 9.17) is 24.4 Å². The van der Waals surface area contributed by atoms with Crippen molar-refractivity contribution in [3.8, 4) is 0 Å². The Labute approximate surface area is 103 Å². The Bertz CT molecular complexity index is 291. The van der Waals surface area contributed by atoms with Crippen LogP contribution in [0.1, 0.15) is 44.9 Å². The van der Waals surface area contributed by atoms with Crippen LogP contribution < -0.4 is 0 Å². The summed E-state index contributed by atoms with van der Waals surface area (Å²) >= 11 is 10.6. The number of allylic oxidation sites excluding steroid dienone is 1. The van der Waals surface area contributed by atoms with Crippen molar-refractivity contribution in [1.29, 1.82) is 0 Å². The number of rotatable bonds is 3. The molecule has 0 atom stereocenters. The zero-order valence-corrected chi connectivity index (χ0v) is 10.6. The summed E-state index contributed by atoms with van der Waals surface area (Å²) in [5.41, 5.74) is 1.61. The van der Waals surface area contributed by atoms with Gasteiger partial charge in [0.1, 0.15) is 0 Å². The number of likely N-dealkylation sites (tertiary alicyclic amines) is 1. The Morgan fingerprint density at radius 3 is 2.40 bits per heavy atom. The van der Waals surface area contributed by atoms with Gasteiger partial charge >= 0.3 is 0 Å². The summed E-state index contributed by atoms with van der Waals surface area (Å²) in [6.07, 6.45) is 10.8. The van der Waals surface area contributed by atoms with Crippen LogP contribution in [-0.4, -0.2) is 21.4 Å². The molecule has 1 saturated heterocycles. The van der Waals surface area contributed by atoms with Crippen molar-refractivity contribution in [2.24, 2.45) is 0 Å². The Kier molecular flexibility index (Phi) is 3.87. The highest BCUT2D eigenvalue weighted by Crippen LogP contribution is 2.22. The van der Waals surface area contributed by atoms with E-state index in [1.807, 2.05) is 0 Å². The summed E-state index contributed by atoms with van der Waals surface area (Å²) in [7, 11) is 0. The summed E-state index contributed by atoms with van der Waals surface area (Å²) in [5.74, 6) is 0. The Morgan fingerprint density at radius 1 is 1.07 bits per heavy atom. The third-order valence-electron chi connectivity index (χ3n) is 3.20. The molecule has 0 aromatic carbocycles. The molecule has 0 spiro atoms. The van der Waals surface area contributed by atoms with Crippen LogP contribution in [0.5, 0.6) is 0 Å². The minimum Gasteiger partial charge on any atom is -0.330 e. The van der Waals surface area contributed by atoms with E-state index >= 15 is 0 Å². The monoisotopic (exact) mass is 239 g/mol. The van der Waals surface area contributed by atoms with Crippen LogP contribution in [0.2, 0.25) is 0 Å². The van der Waals surface area contributed by atoms with Crippen molar-refractivity contribution in [1.82, 2.24) is 4.90 Å². The van der Waals surface area contributed by atoms with E-state index in [1.54, 1.807) is 5.57 Å². The van der Waals surface area contributed by atoms with Crippen LogP contribution in [0.3, 0.4) is 0 Å². The summed E-state index contributed by atoms with van der Waals surface area (Å²) < 4.78 is 0. The zero-order chi connectivity index (χ0) is 10.7. The van der Waals surface area contributed by atoms with E-state index in [2.05, 4.69) is 11.0 Å². The molecule has 1 nitrogen and oxygen atoms in total. The van der Waals surface area contributed by atoms with Crippen molar-refractivity contribution in [3.63, 3.8) is 0 Å². The van der Waals surface area contributed by atoms with Crippen LogP contribution in [0.25, 0.3) is 0 Å². The lowest BCUT2D eigenvalue weighted by Crippen LogP contribution is -2.28. The van der Waals surface area contributed by atoms with Crippen LogP contribution in [0.15, 0.2) is 11.6 Å². The van der Waals surface area contributed by atoms with Crippen LogP contribution in [-0.2, 0) is 0 Å². The molecule has 0 N–H and O–H groups in total. The molecule has 1 aliphatic heterocycles. The van der Waals surface area contributed by atoms with Crippen LogP contribution in [0.4, 0.5) is 0 Å². The number of hydrogen-bond donors (Lipinski definition) is 0. The molecule has 1 fully saturated rings. The van der Waals surface area contributed by atoms with E-state index in [9.17, 15) is 0 Å². The highest BCUT2D eigenvalue weighted by atomic mass is 32.1. The average Bonchev–Trinajstić information content (AvgIpc) is 2.58. The quantitative estimate of drug-likeness (QED) is 0.547. The second-order valence-corrected chi connectivity index (χ2v) is 5.24. The first-order valence-corrected chi connectivity index (χ1v) is 6.60. The van der Waals surface area contributed by atoms with Gasteiger partial charge in [-0.3, -0.25) is 0 Å². The normalized spacial score (nSPS) is 22.1. The maximum atomic E-state index is 5.30. The zero-order valence-electron chi connectivity index (χ0n) is 9.00. The fraction of sp³-hybridized carbons (Fsp3) is 0.667. The van der Waals surface area contributed by atoms with Gasteiger partial charge < -0.3 is 4.90 Å². The topological polar surface area (TPSA) is 3.24 Å². The third-order valence-corrected chi connectivity index (χ3v) is 4.05. The van der Waals surface area contributed by atoms with Gasteiger partial charge in [0.2, 0.25) is 0 Å². The smallest absolute Gasteiger partial charge is 0.0831 e. The largest absolute Gasteiger partial charge is 0.330 e. The van der Waals surface area contributed by atoms with Crippen molar-refractivity contribution in [2.75, 3.05) is 6.54 Å². The molecule has 3 heteroatoms. The van der Waals surface area contributed by atoms with E-state index < -0.39 is 0 Å². The van der Waals surface area contributed by atoms with E-state index in [-0.39, 0.29) is 0 Å². The molecule has 0 unspecified atom stereocenters. The lowest BCUT2D eigenvalue weighted by Gasteiger charge is -2.20. The van der Waals surface area contributed by atoms with Crippen molar-refractivity contribution in [2.45, 2.75) is 44.9 Å². The van der Waals surface area contributed by atoms with Gasteiger partial charge in [-0.2, -0.15) is 0 Å². The lowest BCUT2D eigenvalue weighted by molar-refractivity contribution is 0.596. The molecular formula is C12H17NS2. The number of thiocarbonyl (C=S) groups is 2. The Morgan fingerprint density at radius 2 is 1.80 bits per heavy atom. The molecule has 0 aromatic rings. The summed E-state index contributed by atoms with van der Waals surface area (Å²) in [4.78, 5) is 4.27. The fourth-order valence-corrected chi connectivity index (χ4v) is 2.92. The second kappa shape index (κ2) is 5.17. The van der Waals surface area contributed by atoms with Crippen LogP contribution >= 0.6 is 24.4 Å². The average molecular weight is 239 g/mol. The maximum Gasteiger partial charge on any atom is 0.0831 e. The molecule has 0 radical (unpaired) electrons. The van der Waals surface area contributed by atoms with E-state index in [0.717, 1.165) is 35.8 Å². The molecule has 1 aliphatic carbocycles. The first-order chi connectivity index (χ1) is 7.27. The molecule has 0 amide bonds. The van der Waals surface area contributed by atoms with Crippen molar-refractivity contribution < 1.29 is 0 Å². The van der Waals surface area contributed by atoms with Gasteiger partial charge in [-0.05, 0) is 32.1 Å². The minimum absolute atomic E-state index is 0.993. The summed E-state index contributed by atoms with van der Waals surface area (Å²) in [6, 6.07) is 0. The molecule has 1 heterocycles. The van der Waals surface area contributed by atoms with Gasteiger partial charge in [0.15, 0.2) is 0 Å². The Balaban J connectivity index is 1.84. The lowest BCUT2D eigenvalue weighted by atomic mass is 9.97. The molecule has 0 bridgehead atoms. The highest BCUT2D eigenvalue weighted by Gasteiger charge is 2.21. The summed E-state index contributed by atoms with van der Waals surface area (Å²) in [5, 5.41) is 0. The molecule has 15 heavy (non-hydrogen) atoms. The third kappa shape index (κ3) is 2.85. The van der Waals surface area contributed by atoms with Gasteiger partial charge in [0.25, 0.3) is 0 Å². The fourth-order valence-electron chi connectivity index (χ4n) is 2.26. The predicted molar refractivity (Wildman–Crippen MR) is 72.3 cm³/mol. The SMILES string of the molecule is S=C1CCC(=S)N1CCC1=CCCCC1. The van der Waals surface area contributed by atoms with Gasteiger partial charge in [0, 0.05) is 19.4 Å². The standard InChI is InChI=1S/C12H17NS2/c14-11-6-7-12(15)13(11)9-8-10-4-2-1-3-5-10/h4H,1-3,5-9H2. The van der Waals surface area contributed by atoms with E-state index in [0.29, 0.717) is 0 Å². The maximum absolute atomic E-state index is 5.30. The predicted octanol–water partition coefficient (Wildman–Crippen LogP) is 3.63. The number of nitrogens with zero attached hydrogens (tertiary/aromatic N) is 1. The first-order valence-electron chi connectivity index (χ1n) is 5.78. The number of hydrogen-bond acceptors (Lipinski definition) is 2.